The number of halogens is 6. The molecule has 0 fully saturated rings. The van der Waals surface area contributed by atoms with Crippen LogP contribution in [0.25, 0.3) is 0 Å². The molecule has 0 saturated carbocycles. The van der Waals surface area contributed by atoms with Crippen molar-refractivity contribution in [1.82, 2.24) is 4.90 Å². The summed E-state index contributed by atoms with van der Waals surface area (Å²) in [5, 5.41) is 17.5. The molecule has 7 nitrogen and oxygen atoms in total. The zero-order valence-corrected chi connectivity index (χ0v) is 17.7. The summed E-state index contributed by atoms with van der Waals surface area (Å²) in [4.78, 5) is 26.7. The van der Waals surface area contributed by atoms with Gasteiger partial charge in [0.2, 0.25) is 5.91 Å². The maximum atomic E-state index is 13.4. The summed E-state index contributed by atoms with van der Waals surface area (Å²) in [5.41, 5.74) is -0.251. The van der Waals surface area contributed by atoms with Crippen LogP contribution in [0.4, 0.5) is 32.0 Å². The van der Waals surface area contributed by atoms with E-state index in [-0.39, 0.29) is 16.8 Å². The lowest BCUT2D eigenvalue weighted by Gasteiger charge is -2.43. The minimum Gasteiger partial charge on any atom is -0.406 e. The molecular weight excluding hydrogens is 482 g/mol. The van der Waals surface area contributed by atoms with Crippen molar-refractivity contribution in [1.29, 1.82) is 10.8 Å². The number of anilines is 1. The van der Waals surface area contributed by atoms with Crippen LogP contribution in [0, 0.1) is 16.7 Å². The van der Waals surface area contributed by atoms with E-state index in [1.54, 1.807) is 0 Å². The average molecular weight is 500 g/mol. The van der Waals surface area contributed by atoms with Gasteiger partial charge in [-0.05, 0) is 23.8 Å². The van der Waals surface area contributed by atoms with Crippen molar-refractivity contribution in [2.24, 2.45) is 5.92 Å². The van der Waals surface area contributed by atoms with Crippen LogP contribution in [0.1, 0.15) is 21.8 Å². The van der Waals surface area contributed by atoms with Crippen LogP contribution in [0.5, 0.6) is 5.75 Å². The number of carbonyl (C=O) groups is 2. The van der Waals surface area contributed by atoms with Gasteiger partial charge in [0.25, 0.3) is 5.91 Å². The zero-order valence-electron chi connectivity index (χ0n) is 17.7. The molecule has 0 saturated heterocycles. The minimum absolute atomic E-state index is 0.0646. The molecule has 186 valence electrons. The van der Waals surface area contributed by atoms with Gasteiger partial charge in [-0.25, -0.2) is 0 Å². The lowest BCUT2D eigenvalue weighted by atomic mass is 9.77. The maximum absolute atomic E-state index is 13.4. The number of alkyl halides is 6. The van der Waals surface area contributed by atoms with Crippen molar-refractivity contribution < 1.29 is 40.7 Å². The van der Waals surface area contributed by atoms with Crippen molar-refractivity contribution in [3.8, 4) is 5.75 Å². The molecule has 1 aliphatic heterocycles. The highest BCUT2D eigenvalue weighted by atomic mass is 19.4. The van der Waals surface area contributed by atoms with E-state index in [0.717, 1.165) is 12.1 Å². The average Bonchev–Trinajstić information content (AvgIpc) is 2.75. The monoisotopic (exact) mass is 500 g/mol. The number of fused-ring (bicyclic) bond motifs is 1. The highest BCUT2D eigenvalue weighted by molar-refractivity contribution is 6.05. The fourth-order valence-electron chi connectivity index (χ4n) is 3.95. The SMILES string of the molecule is N=CC(C=N)[C@H]1[C@H](C(=O)Nc2cccc(OC(F)(F)F)c2)c2ccccc2C(=O)N1CC(F)(F)F. The Morgan fingerprint density at radius 2 is 1.71 bits per heavy atom. The van der Waals surface area contributed by atoms with Gasteiger partial charge in [0.15, 0.2) is 0 Å². The normalized spacial score (nSPS) is 18.9. The van der Waals surface area contributed by atoms with Crippen LogP contribution >= 0.6 is 0 Å². The first kappa shape index (κ1) is 25.7. The third-order valence-corrected chi connectivity index (χ3v) is 5.24. The third-order valence-electron chi connectivity index (χ3n) is 5.24. The van der Waals surface area contributed by atoms with Gasteiger partial charge in [-0.1, -0.05) is 24.3 Å². The Balaban J connectivity index is 2.07. The van der Waals surface area contributed by atoms with Crippen LogP contribution in [-0.4, -0.2) is 54.3 Å². The number of ether oxygens (including phenoxy) is 1. The summed E-state index contributed by atoms with van der Waals surface area (Å²) < 4.78 is 81.6. The van der Waals surface area contributed by atoms with Crippen molar-refractivity contribution in [2.45, 2.75) is 24.5 Å². The molecule has 2 aromatic rings. The molecule has 0 bridgehead atoms. The fraction of sp³-hybridized carbons (Fsp3) is 0.273. The van der Waals surface area contributed by atoms with Crippen LogP contribution in [0.2, 0.25) is 0 Å². The Morgan fingerprint density at radius 3 is 2.31 bits per heavy atom. The fourth-order valence-corrected chi connectivity index (χ4v) is 3.95. The molecule has 1 heterocycles. The van der Waals surface area contributed by atoms with E-state index in [4.69, 9.17) is 10.8 Å². The molecule has 13 heteroatoms. The largest absolute Gasteiger partial charge is 0.573 e. The molecule has 35 heavy (non-hydrogen) atoms. The molecule has 0 unspecified atom stereocenters. The second kappa shape index (κ2) is 9.76. The van der Waals surface area contributed by atoms with Crippen molar-refractivity contribution in [3.05, 3.63) is 59.7 Å². The van der Waals surface area contributed by atoms with Gasteiger partial charge in [-0.2, -0.15) is 13.2 Å². The minimum atomic E-state index is -4.99. The Labute approximate surface area is 194 Å². The van der Waals surface area contributed by atoms with Crippen LogP contribution < -0.4 is 10.1 Å². The molecule has 2 atom stereocenters. The number of benzene rings is 2. The predicted octanol–water partition coefficient (Wildman–Crippen LogP) is 4.61. The molecule has 0 spiro atoms. The first-order chi connectivity index (χ1) is 16.3. The summed E-state index contributed by atoms with van der Waals surface area (Å²) in [6.45, 7) is -1.73. The van der Waals surface area contributed by atoms with Gasteiger partial charge in [0, 0.05) is 35.7 Å². The summed E-state index contributed by atoms with van der Waals surface area (Å²) in [6.07, 6.45) is -8.53. The highest BCUT2D eigenvalue weighted by Gasteiger charge is 2.49. The Bertz CT molecular complexity index is 1130. The number of hydrogen-bond acceptors (Lipinski definition) is 5. The first-order valence-electron chi connectivity index (χ1n) is 9.99. The van der Waals surface area contributed by atoms with E-state index < -0.39 is 54.5 Å². The van der Waals surface area contributed by atoms with Gasteiger partial charge >= 0.3 is 12.5 Å². The summed E-state index contributed by atoms with van der Waals surface area (Å²) in [7, 11) is 0. The molecule has 2 aromatic carbocycles. The summed E-state index contributed by atoms with van der Waals surface area (Å²) in [5.74, 6) is -5.44. The second-order valence-electron chi connectivity index (χ2n) is 7.58. The second-order valence-corrected chi connectivity index (χ2v) is 7.58. The standard InChI is InChI=1S/C22H18F6N4O3/c23-21(24,25)11-32-18(12(9-29)10-30)17(15-6-1-2-7-16(15)20(32)34)19(33)31-13-4-3-5-14(8-13)35-22(26,27)28/h1-10,12,17-18,29-30H,11H2,(H,31,33)/t12?,17-,18+/m1/s1. The van der Waals surface area contributed by atoms with Crippen LogP contribution in [0.15, 0.2) is 48.5 Å². The summed E-state index contributed by atoms with van der Waals surface area (Å²) >= 11 is 0. The Kier molecular flexibility index (Phi) is 7.17. The van der Waals surface area contributed by atoms with Crippen molar-refractivity contribution in [2.75, 3.05) is 11.9 Å². The lowest BCUT2D eigenvalue weighted by molar-refractivity contribution is -0.274. The number of amides is 2. The number of nitrogens with zero attached hydrogens (tertiary/aromatic N) is 1. The first-order valence-corrected chi connectivity index (χ1v) is 9.99. The molecule has 0 aromatic heterocycles. The third kappa shape index (κ3) is 5.97. The highest BCUT2D eigenvalue weighted by Crippen LogP contribution is 2.39. The molecule has 0 radical (unpaired) electrons. The molecule has 1 aliphatic rings. The molecule has 2 amide bonds. The smallest absolute Gasteiger partial charge is 0.406 e. The molecule has 0 aliphatic carbocycles. The Morgan fingerprint density at radius 1 is 1.06 bits per heavy atom. The van der Waals surface area contributed by atoms with E-state index in [2.05, 4.69) is 10.1 Å². The van der Waals surface area contributed by atoms with E-state index in [0.29, 0.717) is 17.3 Å². The predicted molar refractivity (Wildman–Crippen MR) is 113 cm³/mol. The van der Waals surface area contributed by atoms with Gasteiger partial charge in [0.1, 0.15) is 12.3 Å². The van der Waals surface area contributed by atoms with E-state index in [1.807, 2.05) is 0 Å². The molecular formula is C22H18F6N4O3. The van der Waals surface area contributed by atoms with Gasteiger partial charge in [-0.15, -0.1) is 13.2 Å². The quantitative estimate of drug-likeness (QED) is 0.382. The maximum Gasteiger partial charge on any atom is 0.573 e. The van der Waals surface area contributed by atoms with Crippen LogP contribution in [0.3, 0.4) is 0 Å². The van der Waals surface area contributed by atoms with Crippen molar-refractivity contribution >= 4 is 29.9 Å². The number of nitrogens with one attached hydrogen (secondary N) is 3. The van der Waals surface area contributed by atoms with Gasteiger partial charge in [0.05, 0.1) is 12.0 Å². The van der Waals surface area contributed by atoms with Crippen molar-refractivity contribution in [3.63, 3.8) is 0 Å². The number of carbonyl (C=O) groups excluding carboxylic acids is 2. The Hall–Kier alpha value is -3.90. The number of hydrogen-bond donors (Lipinski definition) is 3. The lowest BCUT2D eigenvalue weighted by Crippen LogP contribution is -2.57. The van der Waals surface area contributed by atoms with Crippen LogP contribution in [-0.2, 0) is 4.79 Å². The zero-order chi connectivity index (χ0) is 26.0. The van der Waals surface area contributed by atoms with E-state index in [1.165, 1.54) is 36.4 Å². The van der Waals surface area contributed by atoms with E-state index in [9.17, 15) is 35.9 Å². The van der Waals surface area contributed by atoms with E-state index >= 15 is 0 Å². The van der Waals surface area contributed by atoms with Gasteiger partial charge in [-0.3, -0.25) is 9.59 Å². The topological polar surface area (TPSA) is 106 Å². The van der Waals surface area contributed by atoms with Gasteiger partial charge < -0.3 is 25.8 Å². The molecule has 3 N–H and O–H groups in total. The number of rotatable bonds is 7. The molecule has 3 rings (SSSR count). The summed E-state index contributed by atoms with van der Waals surface area (Å²) in [6, 6.07) is 8.16.